The molecular weight excluding hydrogens is 214 g/mol. The molecule has 98 valence electrons. The Morgan fingerprint density at radius 3 is 2.06 bits per heavy atom. The smallest absolute Gasteiger partial charge is 0.306 e. The lowest BCUT2D eigenvalue weighted by Gasteiger charge is -2.35. The predicted molar refractivity (Wildman–Crippen MR) is 67.9 cm³/mol. The molecule has 0 saturated heterocycles. The largest absolute Gasteiger partial charge is 0.481 e. The van der Waals surface area contributed by atoms with Gasteiger partial charge in [0.25, 0.3) is 0 Å². The third kappa shape index (κ3) is 3.01. The van der Waals surface area contributed by atoms with Crippen LogP contribution in [-0.2, 0) is 4.79 Å². The van der Waals surface area contributed by atoms with Crippen molar-refractivity contribution in [2.24, 2.45) is 17.8 Å². The molecule has 2 aliphatic rings. The van der Waals surface area contributed by atoms with E-state index >= 15 is 0 Å². The van der Waals surface area contributed by atoms with Crippen LogP contribution in [0.2, 0.25) is 0 Å². The molecule has 1 unspecified atom stereocenters. The molecule has 17 heavy (non-hydrogen) atoms. The molecule has 0 aromatic rings. The molecule has 0 amide bonds. The van der Waals surface area contributed by atoms with E-state index in [2.05, 4.69) is 12.4 Å². The van der Waals surface area contributed by atoms with Gasteiger partial charge < -0.3 is 10.4 Å². The first-order chi connectivity index (χ1) is 8.22. The number of rotatable bonds is 4. The highest BCUT2D eigenvalue weighted by atomic mass is 16.4. The SMILES string of the molecule is CNC(C1CCCC1)C1CCC(C(=O)O)CC1. The second-order valence-electron chi connectivity index (χ2n) is 5.81. The fourth-order valence-corrected chi connectivity index (χ4v) is 3.90. The Morgan fingerprint density at radius 2 is 1.59 bits per heavy atom. The van der Waals surface area contributed by atoms with E-state index in [1.807, 2.05) is 0 Å². The Bertz CT molecular complexity index is 253. The van der Waals surface area contributed by atoms with E-state index in [0.717, 1.165) is 31.6 Å². The van der Waals surface area contributed by atoms with E-state index in [4.69, 9.17) is 5.11 Å². The Kier molecular flexibility index (Phi) is 4.43. The summed E-state index contributed by atoms with van der Waals surface area (Å²) in [5.41, 5.74) is 0. The molecule has 0 heterocycles. The Morgan fingerprint density at radius 1 is 1.06 bits per heavy atom. The predicted octanol–water partition coefficient (Wildman–Crippen LogP) is 2.66. The highest BCUT2D eigenvalue weighted by Gasteiger charge is 2.34. The summed E-state index contributed by atoms with van der Waals surface area (Å²) in [5, 5.41) is 12.5. The zero-order valence-electron chi connectivity index (χ0n) is 10.8. The number of aliphatic carboxylic acids is 1. The summed E-state index contributed by atoms with van der Waals surface area (Å²) < 4.78 is 0. The van der Waals surface area contributed by atoms with E-state index in [9.17, 15) is 4.79 Å². The van der Waals surface area contributed by atoms with Crippen molar-refractivity contribution < 1.29 is 9.90 Å². The van der Waals surface area contributed by atoms with Crippen molar-refractivity contribution in [1.29, 1.82) is 0 Å². The van der Waals surface area contributed by atoms with E-state index < -0.39 is 5.97 Å². The van der Waals surface area contributed by atoms with Crippen LogP contribution in [0.3, 0.4) is 0 Å². The van der Waals surface area contributed by atoms with Gasteiger partial charge in [-0.3, -0.25) is 4.79 Å². The molecule has 2 fully saturated rings. The maximum Gasteiger partial charge on any atom is 0.306 e. The van der Waals surface area contributed by atoms with E-state index in [0.29, 0.717) is 12.0 Å². The summed E-state index contributed by atoms with van der Waals surface area (Å²) >= 11 is 0. The molecule has 0 aliphatic heterocycles. The van der Waals surface area contributed by atoms with Gasteiger partial charge in [0.05, 0.1) is 5.92 Å². The first-order valence-corrected chi connectivity index (χ1v) is 7.12. The molecule has 0 aromatic heterocycles. The molecule has 2 saturated carbocycles. The van der Waals surface area contributed by atoms with Crippen LogP contribution in [0.1, 0.15) is 51.4 Å². The van der Waals surface area contributed by atoms with Crippen molar-refractivity contribution in [3.63, 3.8) is 0 Å². The van der Waals surface area contributed by atoms with Crippen molar-refractivity contribution in [3.05, 3.63) is 0 Å². The first kappa shape index (κ1) is 12.9. The maximum atomic E-state index is 10.9. The van der Waals surface area contributed by atoms with Gasteiger partial charge in [0.2, 0.25) is 0 Å². The molecule has 2 N–H and O–H groups in total. The molecular formula is C14H25NO2. The van der Waals surface area contributed by atoms with Crippen molar-refractivity contribution in [2.75, 3.05) is 7.05 Å². The fourth-order valence-electron chi connectivity index (χ4n) is 3.90. The standard InChI is InChI=1S/C14H25NO2/c1-15-13(10-4-2-3-5-10)11-6-8-12(9-7-11)14(16)17/h10-13,15H,2-9H2,1H3,(H,16,17). The van der Waals surface area contributed by atoms with Crippen LogP contribution in [-0.4, -0.2) is 24.2 Å². The van der Waals surface area contributed by atoms with Gasteiger partial charge in [0, 0.05) is 6.04 Å². The number of hydrogen-bond donors (Lipinski definition) is 2. The Hall–Kier alpha value is -0.570. The van der Waals surface area contributed by atoms with Gasteiger partial charge in [0.1, 0.15) is 0 Å². The lowest BCUT2D eigenvalue weighted by atomic mass is 9.74. The topological polar surface area (TPSA) is 49.3 Å². The van der Waals surface area contributed by atoms with Crippen LogP contribution in [0, 0.1) is 17.8 Å². The minimum atomic E-state index is -0.592. The number of carbonyl (C=O) groups is 1. The summed E-state index contributed by atoms with van der Waals surface area (Å²) in [5.74, 6) is 0.878. The summed E-state index contributed by atoms with van der Waals surface area (Å²) in [6, 6.07) is 0.632. The molecule has 1 atom stereocenters. The van der Waals surface area contributed by atoms with Crippen LogP contribution in [0.25, 0.3) is 0 Å². The summed E-state index contributed by atoms with van der Waals surface area (Å²) in [6.45, 7) is 0. The molecule has 3 heteroatoms. The van der Waals surface area contributed by atoms with Crippen molar-refractivity contribution in [3.8, 4) is 0 Å². The van der Waals surface area contributed by atoms with Gasteiger partial charge >= 0.3 is 5.97 Å². The highest BCUT2D eigenvalue weighted by Crippen LogP contribution is 2.37. The summed E-state index contributed by atoms with van der Waals surface area (Å²) in [4.78, 5) is 10.9. The van der Waals surface area contributed by atoms with E-state index in [1.54, 1.807) is 0 Å². The second kappa shape index (κ2) is 5.85. The monoisotopic (exact) mass is 239 g/mol. The van der Waals surface area contributed by atoms with Crippen LogP contribution >= 0.6 is 0 Å². The lowest BCUT2D eigenvalue weighted by Crippen LogP contribution is -2.41. The summed E-state index contributed by atoms with van der Waals surface area (Å²) in [6.07, 6.45) is 9.45. The van der Waals surface area contributed by atoms with Crippen LogP contribution in [0.4, 0.5) is 0 Å². The molecule has 0 bridgehead atoms. The zero-order valence-corrected chi connectivity index (χ0v) is 10.8. The van der Waals surface area contributed by atoms with Gasteiger partial charge in [-0.25, -0.2) is 0 Å². The molecule has 3 nitrogen and oxygen atoms in total. The van der Waals surface area contributed by atoms with Crippen LogP contribution in [0.15, 0.2) is 0 Å². The maximum absolute atomic E-state index is 10.9. The first-order valence-electron chi connectivity index (χ1n) is 7.12. The Labute approximate surface area is 104 Å². The minimum absolute atomic E-state index is 0.0765. The van der Waals surface area contributed by atoms with Gasteiger partial charge in [-0.1, -0.05) is 12.8 Å². The van der Waals surface area contributed by atoms with E-state index in [1.165, 1.54) is 25.7 Å². The van der Waals surface area contributed by atoms with Crippen molar-refractivity contribution in [2.45, 2.75) is 57.4 Å². The third-order valence-corrected chi connectivity index (χ3v) is 4.87. The van der Waals surface area contributed by atoms with Crippen LogP contribution in [0.5, 0.6) is 0 Å². The number of carboxylic acids is 1. The van der Waals surface area contributed by atoms with Crippen molar-refractivity contribution in [1.82, 2.24) is 5.32 Å². The van der Waals surface area contributed by atoms with Crippen LogP contribution < -0.4 is 5.32 Å². The summed E-state index contributed by atoms with van der Waals surface area (Å²) in [7, 11) is 2.08. The quantitative estimate of drug-likeness (QED) is 0.793. The average Bonchev–Trinajstić information content (AvgIpc) is 2.84. The highest BCUT2D eigenvalue weighted by molar-refractivity contribution is 5.69. The molecule has 0 radical (unpaired) electrons. The normalized spacial score (nSPS) is 32.5. The molecule has 2 rings (SSSR count). The van der Waals surface area contributed by atoms with E-state index in [-0.39, 0.29) is 5.92 Å². The minimum Gasteiger partial charge on any atom is -0.481 e. The van der Waals surface area contributed by atoms with Crippen molar-refractivity contribution >= 4 is 5.97 Å². The fraction of sp³-hybridized carbons (Fsp3) is 0.929. The van der Waals surface area contributed by atoms with Gasteiger partial charge in [-0.2, -0.15) is 0 Å². The number of carboxylic acid groups (broad SMARTS) is 1. The second-order valence-corrected chi connectivity index (χ2v) is 5.81. The molecule has 0 spiro atoms. The molecule has 2 aliphatic carbocycles. The van der Waals surface area contributed by atoms with Gasteiger partial charge in [0.15, 0.2) is 0 Å². The van der Waals surface area contributed by atoms with Gasteiger partial charge in [-0.05, 0) is 57.4 Å². The lowest BCUT2D eigenvalue weighted by molar-refractivity contribution is -0.143. The molecule has 0 aromatic carbocycles. The van der Waals surface area contributed by atoms with Gasteiger partial charge in [-0.15, -0.1) is 0 Å². The zero-order chi connectivity index (χ0) is 12.3. The third-order valence-electron chi connectivity index (χ3n) is 4.87. The number of hydrogen-bond acceptors (Lipinski definition) is 2. The number of nitrogens with one attached hydrogen (secondary N) is 1. The Balaban J connectivity index is 1.87. The average molecular weight is 239 g/mol.